The first kappa shape index (κ1) is 11.1. The summed E-state index contributed by atoms with van der Waals surface area (Å²) in [5, 5.41) is 10.6. The van der Waals surface area contributed by atoms with Crippen LogP contribution in [0.2, 0.25) is 0 Å². The highest BCUT2D eigenvalue weighted by molar-refractivity contribution is 5.60. The van der Waals surface area contributed by atoms with E-state index < -0.39 is 4.92 Å². The minimum absolute atomic E-state index is 0.0110. The summed E-state index contributed by atoms with van der Waals surface area (Å²) >= 11 is 0. The summed E-state index contributed by atoms with van der Waals surface area (Å²) in [7, 11) is 0. The van der Waals surface area contributed by atoms with Crippen LogP contribution in [0, 0.1) is 10.1 Å². The highest BCUT2D eigenvalue weighted by atomic mass is 16.6. The number of oxazole rings is 1. The van der Waals surface area contributed by atoms with Gasteiger partial charge in [0.2, 0.25) is 0 Å². The van der Waals surface area contributed by atoms with Crippen molar-refractivity contribution < 1.29 is 14.1 Å². The second-order valence-corrected chi connectivity index (χ2v) is 3.23. The van der Waals surface area contributed by atoms with Gasteiger partial charge in [0.1, 0.15) is 0 Å². The van der Waals surface area contributed by atoms with Gasteiger partial charge in [-0.3, -0.25) is 10.1 Å². The molecule has 6 heteroatoms. The molecule has 0 radical (unpaired) electrons. The molecule has 1 aromatic heterocycles. The van der Waals surface area contributed by atoms with Crippen molar-refractivity contribution in [1.82, 2.24) is 4.98 Å². The van der Waals surface area contributed by atoms with Gasteiger partial charge in [-0.25, -0.2) is 0 Å². The number of nitro benzene ring substituents is 1. The van der Waals surface area contributed by atoms with Gasteiger partial charge in [-0.1, -0.05) is 12.1 Å². The summed E-state index contributed by atoms with van der Waals surface area (Å²) in [6, 6.07) is 6.15. The van der Waals surface area contributed by atoms with Crippen molar-refractivity contribution in [3.05, 3.63) is 40.6 Å². The molecule has 1 aromatic carbocycles. The lowest BCUT2D eigenvalue weighted by Gasteiger charge is -1.96. The quantitative estimate of drug-likeness (QED) is 0.600. The summed E-state index contributed by atoms with van der Waals surface area (Å²) in [4.78, 5) is 14.1. The molecule has 6 nitrogen and oxygen atoms in total. The number of nitro groups is 1. The van der Waals surface area contributed by atoms with Crippen molar-refractivity contribution in [2.24, 2.45) is 0 Å². The predicted octanol–water partition coefficient (Wildman–Crippen LogP) is 2.65. The van der Waals surface area contributed by atoms with E-state index >= 15 is 0 Å². The molecule has 0 saturated carbocycles. The van der Waals surface area contributed by atoms with Gasteiger partial charge in [0.15, 0.2) is 5.76 Å². The van der Waals surface area contributed by atoms with Gasteiger partial charge < -0.3 is 9.15 Å². The molecule has 0 fully saturated rings. The van der Waals surface area contributed by atoms with Crippen molar-refractivity contribution in [3.8, 4) is 17.4 Å². The van der Waals surface area contributed by atoms with E-state index in [9.17, 15) is 10.1 Å². The Labute approximate surface area is 97.0 Å². The van der Waals surface area contributed by atoms with E-state index in [0.717, 1.165) is 0 Å². The Hall–Kier alpha value is -2.37. The lowest BCUT2D eigenvalue weighted by Crippen LogP contribution is -1.90. The van der Waals surface area contributed by atoms with Gasteiger partial charge in [-0.2, -0.15) is 4.98 Å². The van der Waals surface area contributed by atoms with Crippen molar-refractivity contribution in [2.75, 3.05) is 6.61 Å². The number of non-ortho nitro benzene ring substituents is 1. The van der Waals surface area contributed by atoms with E-state index in [1.54, 1.807) is 12.1 Å². The third-order valence-electron chi connectivity index (χ3n) is 2.09. The maximum absolute atomic E-state index is 10.6. The summed E-state index contributed by atoms with van der Waals surface area (Å²) in [5.74, 6) is 0.442. The normalized spacial score (nSPS) is 10.2. The number of nitrogens with zero attached hydrogens (tertiary/aromatic N) is 2. The summed E-state index contributed by atoms with van der Waals surface area (Å²) in [6.45, 7) is 2.27. The first-order valence-electron chi connectivity index (χ1n) is 5.04. The third kappa shape index (κ3) is 2.41. The molecule has 0 saturated heterocycles. The van der Waals surface area contributed by atoms with E-state index in [4.69, 9.17) is 9.15 Å². The van der Waals surface area contributed by atoms with Crippen LogP contribution < -0.4 is 4.74 Å². The second-order valence-electron chi connectivity index (χ2n) is 3.23. The summed E-state index contributed by atoms with van der Waals surface area (Å²) in [5.41, 5.74) is 0.606. The first-order valence-corrected chi connectivity index (χ1v) is 5.04. The number of rotatable bonds is 4. The largest absolute Gasteiger partial charge is 0.450 e. The maximum Gasteiger partial charge on any atom is 0.394 e. The van der Waals surface area contributed by atoms with Crippen LogP contribution >= 0.6 is 0 Å². The van der Waals surface area contributed by atoms with Crippen LogP contribution in [0.5, 0.6) is 6.08 Å². The van der Waals surface area contributed by atoms with E-state index in [2.05, 4.69) is 4.98 Å². The number of benzene rings is 1. The highest BCUT2D eigenvalue weighted by Crippen LogP contribution is 2.26. The van der Waals surface area contributed by atoms with E-state index in [-0.39, 0.29) is 11.8 Å². The lowest BCUT2D eigenvalue weighted by atomic mass is 10.2. The molecule has 0 aliphatic rings. The fraction of sp³-hybridized carbons (Fsp3) is 0.182. The maximum atomic E-state index is 10.6. The molecule has 1 heterocycles. The van der Waals surface area contributed by atoms with Gasteiger partial charge in [-0.15, -0.1) is 0 Å². The van der Waals surface area contributed by atoms with Crippen LogP contribution in [-0.2, 0) is 0 Å². The topological polar surface area (TPSA) is 78.4 Å². The number of ether oxygens (including phenoxy) is 1. The Morgan fingerprint density at radius 1 is 1.53 bits per heavy atom. The molecule has 0 N–H and O–H groups in total. The number of aromatic nitrogens is 1. The molecule has 0 atom stereocenters. The van der Waals surface area contributed by atoms with Crippen LogP contribution in [0.4, 0.5) is 5.69 Å². The van der Waals surface area contributed by atoms with Crippen molar-refractivity contribution >= 4 is 5.69 Å². The molecule has 0 bridgehead atoms. The van der Waals surface area contributed by atoms with Crippen molar-refractivity contribution in [1.29, 1.82) is 0 Å². The monoisotopic (exact) mass is 234 g/mol. The minimum atomic E-state index is -0.455. The van der Waals surface area contributed by atoms with E-state index in [1.165, 1.54) is 18.3 Å². The molecule has 17 heavy (non-hydrogen) atoms. The Morgan fingerprint density at radius 2 is 2.35 bits per heavy atom. The minimum Gasteiger partial charge on any atom is -0.450 e. The summed E-state index contributed by atoms with van der Waals surface area (Å²) < 4.78 is 10.4. The second kappa shape index (κ2) is 4.65. The number of hydrogen-bond donors (Lipinski definition) is 0. The molecule has 2 rings (SSSR count). The lowest BCUT2D eigenvalue weighted by molar-refractivity contribution is -0.384. The molecular formula is C11H10N2O4. The van der Waals surface area contributed by atoms with Crippen LogP contribution in [0.1, 0.15) is 6.92 Å². The zero-order valence-corrected chi connectivity index (χ0v) is 9.12. The Bertz CT molecular complexity index is 536. The van der Waals surface area contributed by atoms with E-state index in [0.29, 0.717) is 17.9 Å². The zero-order valence-electron chi connectivity index (χ0n) is 9.12. The molecule has 0 spiro atoms. The smallest absolute Gasteiger partial charge is 0.394 e. The van der Waals surface area contributed by atoms with Crippen LogP contribution in [0.25, 0.3) is 11.3 Å². The molecule has 0 amide bonds. The first-order chi connectivity index (χ1) is 8.20. The molecule has 88 valence electrons. The van der Waals surface area contributed by atoms with Gasteiger partial charge >= 0.3 is 6.08 Å². The van der Waals surface area contributed by atoms with Crippen molar-refractivity contribution in [2.45, 2.75) is 6.92 Å². The summed E-state index contributed by atoms with van der Waals surface area (Å²) in [6.07, 6.45) is 1.64. The fourth-order valence-corrected chi connectivity index (χ4v) is 1.35. The molecular weight excluding hydrogens is 224 g/mol. The Kier molecular flexibility index (Phi) is 3.04. The predicted molar refractivity (Wildman–Crippen MR) is 59.8 cm³/mol. The van der Waals surface area contributed by atoms with Crippen LogP contribution in [-0.4, -0.2) is 16.5 Å². The molecule has 0 unspecified atom stereocenters. The highest BCUT2D eigenvalue weighted by Gasteiger charge is 2.11. The average Bonchev–Trinajstić information content (AvgIpc) is 2.78. The standard InChI is InChI=1S/C11H10N2O4/c1-2-16-11-12-7-10(17-11)8-4-3-5-9(6-8)13(14)15/h3-7H,2H2,1H3. The molecule has 2 aromatic rings. The Balaban J connectivity index is 2.32. The third-order valence-corrected chi connectivity index (χ3v) is 2.09. The van der Waals surface area contributed by atoms with Gasteiger partial charge in [-0.05, 0) is 6.92 Å². The Morgan fingerprint density at radius 3 is 3.06 bits per heavy atom. The average molecular weight is 234 g/mol. The van der Waals surface area contributed by atoms with Crippen LogP contribution in [0.15, 0.2) is 34.9 Å². The zero-order chi connectivity index (χ0) is 12.3. The van der Waals surface area contributed by atoms with Crippen LogP contribution in [0.3, 0.4) is 0 Å². The molecule has 0 aliphatic heterocycles. The van der Waals surface area contributed by atoms with Crippen molar-refractivity contribution in [3.63, 3.8) is 0 Å². The van der Waals surface area contributed by atoms with Gasteiger partial charge in [0.25, 0.3) is 5.69 Å². The fourth-order valence-electron chi connectivity index (χ4n) is 1.35. The number of hydrogen-bond acceptors (Lipinski definition) is 5. The van der Waals surface area contributed by atoms with Gasteiger partial charge in [0.05, 0.1) is 17.7 Å². The van der Waals surface area contributed by atoms with E-state index in [1.807, 2.05) is 6.92 Å². The van der Waals surface area contributed by atoms with Gasteiger partial charge in [0, 0.05) is 17.7 Å². The molecule has 0 aliphatic carbocycles. The SMILES string of the molecule is CCOc1ncc(-c2cccc([N+](=O)[O-])c2)o1.